The number of halogens is 3. The van der Waals surface area contributed by atoms with E-state index in [0.29, 0.717) is 33.1 Å². The number of nitrogens with one attached hydrogen (secondary N) is 1. The Bertz CT molecular complexity index is 902. The minimum Gasteiger partial charge on any atom is -0.338 e. The first-order chi connectivity index (χ1) is 11.4. The molecule has 1 N–H and O–H groups in total. The summed E-state index contributed by atoms with van der Waals surface area (Å²) in [4.78, 5) is 8.03. The molecule has 126 valence electrons. The Morgan fingerprint density at radius 3 is 2.67 bits per heavy atom. The van der Waals surface area contributed by atoms with Gasteiger partial charge in [-0.15, -0.1) is 0 Å². The van der Waals surface area contributed by atoms with Crippen LogP contribution in [0.4, 0.5) is 13.2 Å². The van der Waals surface area contributed by atoms with Crippen LogP contribution in [0.2, 0.25) is 0 Å². The van der Waals surface area contributed by atoms with Crippen molar-refractivity contribution in [2.24, 2.45) is 0 Å². The zero-order valence-electron chi connectivity index (χ0n) is 12.9. The van der Waals surface area contributed by atoms with E-state index in [4.69, 9.17) is 0 Å². The molecule has 0 amide bonds. The Labute approximate surface area is 139 Å². The quantitative estimate of drug-likeness (QED) is 0.735. The topological polar surface area (TPSA) is 45.8 Å². The van der Waals surface area contributed by atoms with E-state index in [1.165, 1.54) is 6.07 Å². The van der Waals surface area contributed by atoms with E-state index in [1.54, 1.807) is 24.3 Å². The zero-order valence-corrected chi connectivity index (χ0v) is 13.7. The average molecular weight is 352 g/mol. The summed E-state index contributed by atoms with van der Waals surface area (Å²) in [5.41, 5.74) is 0.923. The first-order valence-corrected chi connectivity index (χ1v) is 8.76. The van der Waals surface area contributed by atoms with Gasteiger partial charge >= 0.3 is 6.18 Å². The number of H-pyrrole nitrogens is 1. The van der Waals surface area contributed by atoms with Crippen molar-refractivity contribution < 1.29 is 17.4 Å². The Hall–Kier alpha value is -2.15. The summed E-state index contributed by atoms with van der Waals surface area (Å²) in [5, 5.41) is 0. The smallest absolute Gasteiger partial charge is 0.338 e. The molecule has 3 nitrogen and oxygen atoms in total. The molecule has 0 fully saturated rings. The fraction of sp³-hybridized carbons (Fsp3) is 0.235. The van der Waals surface area contributed by atoms with Crippen molar-refractivity contribution in [1.29, 1.82) is 0 Å². The number of hydrogen-bond acceptors (Lipinski definition) is 2. The highest BCUT2D eigenvalue weighted by Gasteiger charge is 2.30. The zero-order chi connectivity index (χ0) is 17.3. The van der Waals surface area contributed by atoms with Gasteiger partial charge in [-0.25, -0.2) is 4.98 Å². The highest BCUT2D eigenvalue weighted by atomic mass is 32.2. The number of nitrogens with zero attached hydrogens (tertiary/aromatic N) is 1. The lowest BCUT2D eigenvalue weighted by Crippen LogP contribution is -2.04. The molecular formula is C17H15F3N2OS. The van der Waals surface area contributed by atoms with Crippen LogP contribution in [0.25, 0.3) is 22.4 Å². The average Bonchev–Trinajstić information content (AvgIpc) is 2.97. The fourth-order valence-electron chi connectivity index (χ4n) is 2.41. The molecule has 2 aromatic carbocycles. The van der Waals surface area contributed by atoms with Crippen LogP contribution in [-0.4, -0.2) is 19.9 Å². The van der Waals surface area contributed by atoms with Crippen molar-refractivity contribution in [2.45, 2.75) is 24.4 Å². The molecule has 3 aromatic rings. The third-order valence-electron chi connectivity index (χ3n) is 3.57. The van der Waals surface area contributed by atoms with Crippen LogP contribution in [0.5, 0.6) is 0 Å². The van der Waals surface area contributed by atoms with Crippen molar-refractivity contribution in [2.75, 3.05) is 5.75 Å². The standard InChI is InChI=1S/C17H15F3N2OS/c1-2-8-24(23)13-6-7-14-15(10-13)22-16(21-14)11-4-3-5-12(9-11)17(18,19)20/h3-7,9-10H,2,8H2,1H3,(H,21,22). The van der Waals surface area contributed by atoms with Crippen LogP contribution in [0.1, 0.15) is 18.9 Å². The highest BCUT2D eigenvalue weighted by molar-refractivity contribution is 7.85. The van der Waals surface area contributed by atoms with Crippen LogP contribution in [0, 0.1) is 0 Å². The van der Waals surface area contributed by atoms with Crippen LogP contribution >= 0.6 is 0 Å². The van der Waals surface area contributed by atoms with E-state index < -0.39 is 22.5 Å². The molecule has 24 heavy (non-hydrogen) atoms. The summed E-state index contributed by atoms with van der Waals surface area (Å²) in [6, 6.07) is 10.2. The van der Waals surface area contributed by atoms with Gasteiger partial charge in [0, 0.05) is 16.2 Å². The number of aromatic nitrogens is 2. The van der Waals surface area contributed by atoms with Crippen molar-refractivity contribution in [3.63, 3.8) is 0 Å². The predicted octanol–water partition coefficient (Wildman–Crippen LogP) is 4.77. The Morgan fingerprint density at radius 2 is 1.96 bits per heavy atom. The summed E-state index contributed by atoms with van der Waals surface area (Å²) >= 11 is 0. The van der Waals surface area contributed by atoms with Crippen LogP contribution < -0.4 is 0 Å². The van der Waals surface area contributed by atoms with Crippen molar-refractivity contribution in [1.82, 2.24) is 9.97 Å². The molecule has 0 saturated heterocycles. The fourth-order valence-corrected chi connectivity index (χ4v) is 3.49. The Morgan fingerprint density at radius 1 is 1.17 bits per heavy atom. The minimum absolute atomic E-state index is 0.356. The maximum atomic E-state index is 12.8. The number of benzene rings is 2. The molecule has 0 aliphatic carbocycles. The second kappa shape index (κ2) is 6.39. The van der Waals surface area contributed by atoms with Crippen LogP contribution in [0.15, 0.2) is 47.4 Å². The number of fused-ring (bicyclic) bond motifs is 1. The lowest BCUT2D eigenvalue weighted by Gasteiger charge is -2.07. The molecular weight excluding hydrogens is 337 g/mol. The van der Waals surface area contributed by atoms with Gasteiger partial charge < -0.3 is 4.98 Å². The molecule has 0 radical (unpaired) electrons. The summed E-state index contributed by atoms with van der Waals surface area (Å²) in [5.74, 6) is 0.926. The normalized spacial score (nSPS) is 13.3. The largest absolute Gasteiger partial charge is 0.416 e. The maximum absolute atomic E-state index is 12.8. The Kier molecular flexibility index (Phi) is 4.45. The first-order valence-electron chi connectivity index (χ1n) is 7.44. The third kappa shape index (κ3) is 3.36. The van der Waals surface area contributed by atoms with E-state index in [-0.39, 0.29) is 0 Å². The van der Waals surface area contributed by atoms with Crippen LogP contribution in [-0.2, 0) is 17.0 Å². The van der Waals surface area contributed by atoms with Crippen molar-refractivity contribution in [3.8, 4) is 11.4 Å². The van der Waals surface area contributed by atoms with Gasteiger partial charge in [0.25, 0.3) is 0 Å². The molecule has 0 aliphatic rings. The molecule has 0 spiro atoms. The van der Waals surface area contributed by atoms with E-state index in [0.717, 1.165) is 18.6 Å². The summed E-state index contributed by atoms with van der Waals surface area (Å²) < 4.78 is 50.6. The maximum Gasteiger partial charge on any atom is 0.416 e. The SMILES string of the molecule is CCCS(=O)c1ccc2nc(-c3cccc(C(F)(F)F)c3)[nH]c2c1. The summed E-state index contributed by atoms with van der Waals surface area (Å²) in [6.45, 7) is 1.96. The molecule has 7 heteroatoms. The van der Waals surface area contributed by atoms with Gasteiger partial charge in [0.1, 0.15) is 5.82 Å². The lowest BCUT2D eigenvalue weighted by atomic mass is 10.1. The molecule has 1 atom stereocenters. The van der Waals surface area contributed by atoms with Gasteiger partial charge in [0.15, 0.2) is 0 Å². The number of alkyl halides is 3. The number of imidazole rings is 1. The molecule has 0 aliphatic heterocycles. The monoisotopic (exact) mass is 352 g/mol. The first kappa shape index (κ1) is 16.7. The molecule has 0 saturated carbocycles. The van der Waals surface area contributed by atoms with Crippen molar-refractivity contribution in [3.05, 3.63) is 48.0 Å². The van der Waals surface area contributed by atoms with Gasteiger partial charge in [0.2, 0.25) is 0 Å². The van der Waals surface area contributed by atoms with E-state index in [2.05, 4.69) is 9.97 Å². The molecule has 1 unspecified atom stereocenters. The second-order valence-electron chi connectivity index (χ2n) is 5.39. The summed E-state index contributed by atoms with van der Waals surface area (Å²) in [6.07, 6.45) is -3.59. The summed E-state index contributed by atoms with van der Waals surface area (Å²) in [7, 11) is -1.09. The lowest BCUT2D eigenvalue weighted by molar-refractivity contribution is -0.137. The second-order valence-corrected chi connectivity index (χ2v) is 6.96. The minimum atomic E-state index is -4.40. The van der Waals surface area contributed by atoms with Gasteiger partial charge in [-0.05, 0) is 36.8 Å². The Balaban J connectivity index is 2.01. The predicted molar refractivity (Wildman–Crippen MR) is 88.1 cm³/mol. The van der Waals surface area contributed by atoms with Crippen LogP contribution in [0.3, 0.4) is 0 Å². The number of rotatable bonds is 4. The molecule has 0 bridgehead atoms. The van der Waals surface area contributed by atoms with E-state index in [9.17, 15) is 17.4 Å². The number of aromatic amines is 1. The van der Waals surface area contributed by atoms with Gasteiger partial charge in [-0.1, -0.05) is 19.1 Å². The van der Waals surface area contributed by atoms with Gasteiger partial charge in [-0.2, -0.15) is 13.2 Å². The molecule has 3 rings (SSSR count). The molecule has 1 heterocycles. The molecule has 1 aromatic heterocycles. The van der Waals surface area contributed by atoms with Crippen molar-refractivity contribution >= 4 is 21.8 Å². The third-order valence-corrected chi connectivity index (χ3v) is 5.13. The van der Waals surface area contributed by atoms with E-state index >= 15 is 0 Å². The highest BCUT2D eigenvalue weighted by Crippen LogP contribution is 2.32. The van der Waals surface area contributed by atoms with E-state index in [1.807, 2.05) is 6.92 Å². The number of hydrogen-bond donors (Lipinski definition) is 1. The van der Waals surface area contributed by atoms with Gasteiger partial charge in [-0.3, -0.25) is 4.21 Å². The van der Waals surface area contributed by atoms with Gasteiger partial charge in [0.05, 0.1) is 27.4 Å².